The number of rotatable bonds is 4. The van der Waals surface area contributed by atoms with Crippen molar-refractivity contribution >= 4 is 11.6 Å². The van der Waals surface area contributed by atoms with Crippen LogP contribution in [0.5, 0.6) is 0 Å². The van der Waals surface area contributed by atoms with Crippen LogP contribution < -0.4 is 10.6 Å². The molecule has 1 amide bonds. The van der Waals surface area contributed by atoms with Gasteiger partial charge in [-0.15, -0.1) is 0 Å². The van der Waals surface area contributed by atoms with E-state index in [1.165, 1.54) is 12.1 Å². The Balaban J connectivity index is 1.84. The van der Waals surface area contributed by atoms with E-state index in [-0.39, 0.29) is 17.5 Å². The summed E-state index contributed by atoms with van der Waals surface area (Å²) >= 11 is 0. The second-order valence-electron chi connectivity index (χ2n) is 4.67. The highest BCUT2D eigenvalue weighted by molar-refractivity contribution is 5.78. The molecule has 0 unspecified atom stereocenters. The van der Waals surface area contributed by atoms with Crippen LogP contribution in [-0.4, -0.2) is 23.9 Å². The molecule has 102 valence electrons. The predicted octanol–water partition coefficient (Wildman–Crippen LogP) is 1.21. The average molecular weight is 263 g/mol. The number of nitrogens with zero attached hydrogens (tertiary/aromatic N) is 1. The van der Waals surface area contributed by atoms with Crippen molar-refractivity contribution in [2.75, 3.05) is 13.1 Å². The smallest absolute Gasteiger partial charge is 0.269 e. The fourth-order valence-electron chi connectivity index (χ4n) is 2.15. The Morgan fingerprint density at radius 2 is 1.95 bits per heavy atom. The molecule has 0 saturated carbocycles. The molecule has 2 N–H and O–H groups in total. The van der Waals surface area contributed by atoms with Gasteiger partial charge < -0.3 is 10.6 Å². The van der Waals surface area contributed by atoms with Crippen molar-refractivity contribution in [1.29, 1.82) is 0 Å². The van der Waals surface area contributed by atoms with E-state index in [1.54, 1.807) is 12.1 Å². The number of piperidine rings is 1. The summed E-state index contributed by atoms with van der Waals surface area (Å²) < 4.78 is 0. The van der Waals surface area contributed by atoms with Gasteiger partial charge in [-0.25, -0.2) is 0 Å². The summed E-state index contributed by atoms with van der Waals surface area (Å²) in [6.45, 7) is 2.19. The molecular weight excluding hydrogens is 246 g/mol. The highest BCUT2D eigenvalue weighted by Crippen LogP contribution is 2.13. The van der Waals surface area contributed by atoms with Crippen LogP contribution in [0.2, 0.25) is 0 Å². The fraction of sp³-hybridized carbons (Fsp3) is 0.462. The third-order valence-electron chi connectivity index (χ3n) is 3.32. The number of carbonyl (C=O) groups is 1. The number of hydrogen-bond donors (Lipinski definition) is 2. The lowest BCUT2D eigenvalue weighted by atomic mass is 9.97. The van der Waals surface area contributed by atoms with Gasteiger partial charge in [0.25, 0.3) is 5.69 Å². The topological polar surface area (TPSA) is 84.3 Å². The van der Waals surface area contributed by atoms with E-state index in [0.717, 1.165) is 31.5 Å². The van der Waals surface area contributed by atoms with Gasteiger partial charge in [0.15, 0.2) is 0 Å². The van der Waals surface area contributed by atoms with E-state index in [1.807, 2.05) is 0 Å². The highest BCUT2D eigenvalue weighted by Gasteiger charge is 2.20. The number of carbonyl (C=O) groups excluding carboxylic acids is 1. The van der Waals surface area contributed by atoms with Crippen LogP contribution in [0.3, 0.4) is 0 Å². The quantitative estimate of drug-likeness (QED) is 0.631. The van der Waals surface area contributed by atoms with Crippen molar-refractivity contribution in [3.8, 4) is 0 Å². The molecule has 1 aliphatic rings. The van der Waals surface area contributed by atoms with Gasteiger partial charge in [0, 0.05) is 24.6 Å². The zero-order valence-corrected chi connectivity index (χ0v) is 10.6. The summed E-state index contributed by atoms with van der Waals surface area (Å²) in [5, 5.41) is 16.6. The van der Waals surface area contributed by atoms with Crippen LogP contribution in [0.15, 0.2) is 24.3 Å². The number of non-ortho nitro benzene ring substituents is 1. The van der Waals surface area contributed by atoms with Crippen LogP contribution in [-0.2, 0) is 11.3 Å². The molecular formula is C13H17N3O3. The predicted molar refractivity (Wildman–Crippen MR) is 70.5 cm³/mol. The van der Waals surface area contributed by atoms with Gasteiger partial charge in [0.05, 0.1) is 4.92 Å². The number of nitro groups is 1. The molecule has 1 fully saturated rings. The molecule has 1 saturated heterocycles. The van der Waals surface area contributed by atoms with Crippen LogP contribution in [0, 0.1) is 16.0 Å². The maximum atomic E-state index is 11.9. The van der Waals surface area contributed by atoms with Crippen molar-refractivity contribution in [1.82, 2.24) is 10.6 Å². The van der Waals surface area contributed by atoms with E-state index in [9.17, 15) is 14.9 Å². The van der Waals surface area contributed by atoms with Crippen molar-refractivity contribution < 1.29 is 9.72 Å². The van der Waals surface area contributed by atoms with E-state index < -0.39 is 4.92 Å². The molecule has 6 heteroatoms. The van der Waals surface area contributed by atoms with E-state index in [4.69, 9.17) is 0 Å². The molecule has 0 bridgehead atoms. The van der Waals surface area contributed by atoms with Gasteiger partial charge in [0.1, 0.15) is 0 Å². The summed E-state index contributed by atoms with van der Waals surface area (Å²) in [7, 11) is 0. The maximum Gasteiger partial charge on any atom is 0.269 e. The molecule has 0 aliphatic carbocycles. The van der Waals surface area contributed by atoms with Crippen molar-refractivity contribution in [3.63, 3.8) is 0 Å². The fourth-order valence-corrected chi connectivity index (χ4v) is 2.15. The van der Waals surface area contributed by atoms with Crippen molar-refractivity contribution in [2.45, 2.75) is 19.4 Å². The van der Waals surface area contributed by atoms with Gasteiger partial charge in [0.2, 0.25) is 5.91 Å². The first-order valence-electron chi connectivity index (χ1n) is 6.38. The van der Waals surface area contributed by atoms with Gasteiger partial charge in [-0.05, 0) is 31.5 Å². The monoisotopic (exact) mass is 263 g/mol. The van der Waals surface area contributed by atoms with Crippen molar-refractivity contribution in [2.24, 2.45) is 5.92 Å². The summed E-state index contributed by atoms with van der Waals surface area (Å²) in [4.78, 5) is 22.0. The minimum absolute atomic E-state index is 0.0634. The Kier molecular flexibility index (Phi) is 4.46. The summed E-state index contributed by atoms with van der Waals surface area (Å²) in [6, 6.07) is 6.24. The minimum Gasteiger partial charge on any atom is -0.352 e. The highest BCUT2D eigenvalue weighted by atomic mass is 16.6. The van der Waals surface area contributed by atoms with E-state index >= 15 is 0 Å². The third-order valence-corrected chi connectivity index (χ3v) is 3.32. The second-order valence-corrected chi connectivity index (χ2v) is 4.67. The Morgan fingerprint density at radius 1 is 1.32 bits per heavy atom. The molecule has 1 heterocycles. The molecule has 0 aromatic heterocycles. The molecule has 19 heavy (non-hydrogen) atoms. The zero-order chi connectivity index (χ0) is 13.7. The molecule has 0 atom stereocenters. The standard InChI is InChI=1S/C13H17N3O3/c17-13(11-5-7-14-8-6-11)15-9-10-1-3-12(4-2-10)16(18)19/h1-4,11,14H,5-9H2,(H,15,17). The summed E-state index contributed by atoms with van der Waals surface area (Å²) in [5.74, 6) is 0.152. The van der Waals surface area contributed by atoms with Crippen LogP contribution in [0.1, 0.15) is 18.4 Å². The normalized spacial score (nSPS) is 16.0. The van der Waals surface area contributed by atoms with Gasteiger partial charge in [-0.1, -0.05) is 12.1 Å². The number of hydrogen-bond acceptors (Lipinski definition) is 4. The molecule has 1 aliphatic heterocycles. The van der Waals surface area contributed by atoms with Crippen molar-refractivity contribution in [3.05, 3.63) is 39.9 Å². The third kappa shape index (κ3) is 3.75. The number of benzene rings is 1. The number of nitrogens with one attached hydrogen (secondary N) is 2. The van der Waals surface area contributed by atoms with Crippen LogP contribution in [0.25, 0.3) is 0 Å². The lowest BCUT2D eigenvalue weighted by Crippen LogP contribution is -2.37. The first kappa shape index (κ1) is 13.5. The maximum absolute atomic E-state index is 11.9. The summed E-state index contributed by atoms with van der Waals surface area (Å²) in [6.07, 6.45) is 1.73. The zero-order valence-electron chi connectivity index (χ0n) is 10.6. The van der Waals surface area contributed by atoms with Gasteiger partial charge >= 0.3 is 0 Å². The largest absolute Gasteiger partial charge is 0.352 e. The van der Waals surface area contributed by atoms with E-state index in [0.29, 0.717) is 6.54 Å². The first-order valence-corrected chi connectivity index (χ1v) is 6.38. The molecule has 0 spiro atoms. The van der Waals surface area contributed by atoms with E-state index in [2.05, 4.69) is 10.6 Å². The van der Waals surface area contributed by atoms with Gasteiger partial charge in [-0.3, -0.25) is 14.9 Å². The minimum atomic E-state index is -0.433. The summed E-state index contributed by atoms with van der Waals surface area (Å²) in [5.41, 5.74) is 0.932. The SMILES string of the molecule is O=C(NCc1ccc([N+](=O)[O-])cc1)C1CCNCC1. The van der Waals surface area contributed by atoms with Crippen LogP contribution >= 0.6 is 0 Å². The molecule has 1 aromatic rings. The van der Waals surface area contributed by atoms with Crippen LogP contribution in [0.4, 0.5) is 5.69 Å². The lowest BCUT2D eigenvalue weighted by Gasteiger charge is -2.21. The lowest BCUT2D eigenvalue weighted by molar-refractivity contribution is -0.384. The average Bonchev–Trinajstić information content (AvgIpc) is 2.46. The number of amides is 1. The molecule has 1 aromatic carbocycles. The molecule has 2 rings (SSSR count). The molecule has 0 radical (unpaired) electrons. The Bertz CT molecular complexity index is 453. The Morgan fingerprint density at radius 3 is 2.53 bits per heavy atom. The first-order chi connectivity index (χ1) is 9.16. The Labute approximate surface area is 111 Å². The van der Waals surface area contributed by atoms with Gasteiger partial charge in [-0.2, -0.15) is 0 Å². The second kappa shape index (κ2) is 6.29. The number of nitro benzene ring substituents is 1. The molecule has 6 nitrogen and oxygen atoms in total. The Hall–Kier alpha value is -1.95.